The zero-order valence-corrected chi connectivity index (χ0v) is 19.0. The summed E-state index contributed by atoms with van der Waals surface area (Å²) in [5, 5.41) is 23.3. The van der Waals surface area contributed by atoms with Crippen LogP contribution in [0.25, 0.3) is 33.7 Å². The molecular weight excluding hydrogens is 462 g/mol. The van der Waals surface area contributed by atoms with E-state index in [9.17, 15) is 19.8 Å². The summed E-state index contributed by atoms with van der Waals surface area (Å²) in [4.78, 5) is 31.7. The maximum absolute atomic E-state index is 11.5. The summed E-state index contributed by atoms with van der Waals surface area (Å²) in [5.41, 5.74) is 3.56. The van der Waals surface area contributed by atoms with E-state index in [0.717, 1.165) is 11.3 Å². The number of aromatic nitrogens is 3. The third-order valence-corrected chi connectivity index (χ3v) is 5.57. The van der Waals surface area contributed by atoms with Gasteiger partial charge in [0.2, 0.25) is 5.82 Å². The van der Waals surface area contributed by atoms with Gasteiger partial charge in [-0.2, -0.15) is 4.98 Å². The molecule has 2 heterocycles. The van der Waals surface area contributed by atoms with Crippen LogP contribution < -0.4 is 4.74 Å². The highest BCUT2D eigenvalue weighted by molar-refractivity contribution is 5.96. The van der Waals surface area contributed by atoms with Crippen molar-refractivity contribution < 1.29 is 29.1 Å². The van der Waals surface area contributed by atoms with Gasteiger partial charge in [-0.25, -0.2) is 9.59 Å². The van der Waals surface area contributed by atoms with E-state index in [2.05, 4.69) is 15.1 Å². The number of ether oxygens (including phenoxy) is 1. The highest BCUT2D eigenvalue weighted by Crippen LogP contribution is 2.28. The van der Waals surface area contributed by atoms with Gasteiger partial charge in [-0.15, -0.1) is 0 Å². The lowest BCUT2D eigenvalue weighted by molar-refractivity contribution is 0.0686. The molecule has 0 unspecified atom stereocenters. The first-order chi connectivity index (χ1) is 17.4. The second-order valence-electron chi connectivity index (χ2n) is 8.06. The Hall–Kier alpha value is -5.05. The van der Waals surface area contributed by atoms with Gasteiger partial charge < -0.3 is 19.5 Å². The Labute approximate surface area is 204 Å². The Bertz CT molecular complexity index is 1610. The van der Waals surface area contributed by atoms with Gasteiger partial charge in [-0.1, -0.05) is 41.6 Å². The second-order valence-corrected chi connectivity index (χ2v) is 8.06. The van der Waals surface area contributed by atoms with Gasteiger partial charge >= 0.3 is 11.9 Å². The lowest BCUT2D eigenvalue weighted by atomic mass is 10.1. The molecule has 0 atom stereocenters. The first-order valence-electron chi connectivity index (χ1n) is 10.9. The summed E-state index contributed by atoms with van der Waals surface area (Å²) < 4.78 is 11.3. The number of aryl methyl sites for hydroxylation is 1. The third-order valence-electron chi connectivity index (χ3n) is 5.57. The zero-order chi connectivity index (χ0) is 25.2. The van der Waals surface area contributed by atoms with E-state index < -0.39 is 11.9 Å². The highest BCUT2D eigenvalue weighted by atomic mass is 16.5. The molecule has 3 aromatic carbocycles. The Morgan fingerprint density at radius 3 is 2.44 bits per heavy atom. The molecule has 0 saturated carbocycles. The van der Waals surface area contributed by atoms with Crippen LogP contribution in [0.5, 0.6) is 5.75 Å². The minimum Gasteiger partial charge on any atom is -0.488 e. The van der Waals surface area contributed by atoms with Crippen molar-refractivity contribution in [3.05, 3.63) is 95.2 Å². The van der Waals surface area contributed by atoms with Crippen LogP contribution in [0.1, 0.15) is 32.0 Å². The van der Waals surface area contributed by atoms with Gasteiger partial charge in [0.05, 0.1) is 22.2 Å². The van der Waals surface area contributed by atoms with Crippen LogP contribution in [0.4, 0.5) is 0 Å². The zero-order valence-electron chi connectivity index (χ0n) is 19.0. The summed E-state index contributed by atoms with van der Waals surface area (Å²) in [6, 6.07) is 20.3. The van der Waals surface area contributed by atoms with Crippen LogP contribution in [0, 0.1) is 6.92 Å². The van der Waals surface area contributed by atoms with E-state index in [1.54, 1.807) is 36.4 Å². The molecule has 9 nitrogen and oxygen atoms in total. The molecule has 2 aromatic heterocycles. The van der Waals surface area contributed by atoms with E-state index in [4.69, 9.17) is 9.26 Å². The second kappa shape index (κ2) is 9.30. The maximum atomic E-state index is 11.5. The summed E-state index contributed by atoms with van der Waals surface area (Å²) >= 11 is 0. The Morgan fingerprint density at radius 1 is 0.917 bits per heavy atom. The Balaban J connectivity index is 1.35. The number of hydrogen-bond acceptors (Lipinski definition) is 7. The number of carbonyl (C=O) groups is 2. The minimum atomic E-state index is -1.08. The lowest BCUT2D eigenvalue weighted by Crippen LogP contribution is -2.00. The van der Waals surface area contributed by atoms with Crippen molar-refractivity contribution in [3.63, 3.8) is 0 Å². The molecule has 178 valence electrons. The third kappa shape index (κ3) is 4.49. The van der Waals surface area contributed by atoms with Crippen molar-refractivity contribution in [2.45, 2.75) is 13.5 Å². The average Bonchev–Trinajstić information content (AvgIpc) is 3.37. The average molecular weight is 481 g/mol. The molecule has 0 fully saturated rings. The van der Waals surface area contributed by atoms with Crippen molar-refractivity contribution in [2.24, 2.45) is 0 Å². The van der Waals surface area contributed by atoms with Crippen LogP contribution in [0.2, 0.25) is 0 Å². The predicted octanol–water partition coefficient (Wildman–Crippen LogP) is 5.24. The Morgan fingerprint density at radius 2 is 1.69 bits per heavy atom. The molecule has 0 aliphatic rings. The number of hydrogen-bond donors (Lipinski definition) is 2. The smallest absolute Gasteiger partial charge is 0.336 e. The number of aromatic carboxylic acids is 2. The van der Waals surface area contributed by atoms with Gasteiger partial charge in [-0.05, 0) is 42.8 Å². The number of fused-ring (bicyclic) bond motifs is 1. The summed E-state index contributed by atoms with van der Waals surface area (Å²) in [5.74, 6) is -1.10. The molecule has 0 aliphatic carbocycles. The topological polar surface area (TPSA) is 136 Å². The number of pyridine rings is 1. The molecule has 9 heteroatoms. The summed E-state index contributed by atoms with van der Waals surface area (Å²) in [6.45, 7) is 2.10. The van der Waals surface area contributed by atoms with Crippen LogP contribution in [-0.2, 0) is 6.61 Å². The molecule has 5 aromatic rings. The number of nitrogens with zero attached hydrogens (tertiary/aromatic N) is 3. The molecule has 0 radical (unpaired) electrons. The molecule has 0 bridgehead atoms. The maximum Gasteiger partial charge on any atom is 0.336 e. The van der Waals surface area contributed by atoms with E-state index in [0.29, 0.717) is 33.6 Å². The van der Waals surface area contributed by atoms with Crippen LogP contribution >= 0.6 is 0 Å². The molecule has 0 spiro atoms. The molecular formula is C27H19N3O6. The SMILES string of the molecule is Cc1cc(OCc2ccc(-c3noc(-c4ccccc4C(=O)O)n3)cc2)c2cc(C(=O)O)ccc2n1. The van der Waals surface area contributed by atoms with Gasteiger partial charge in [-0.3, -0.25) is 4.98 Å². The molecule has 2 N–H and O–H groups in total. The van der Waals surface area contributed by atoms with Crippen LogP contribution in [0.3, 0.4) is 0 Å². The van der Waals surface area contributed by atoms with Crippen LogP contribution in [-0.4, -0.2) is 37.3 Å². The normalized spacial score (nSPS) is 10.9. The monoisotopic (exact) mass is 481 g/mol. The van der Waals surface area contributed by atoms with Crippen molar-refractivity contribution in [3.8, 4) is 28.6 Å². The van der Waals surface area contributed by atoms with E-state index in [1.165, 1.54) is 12.1 Å². The highest BCUT2D eigenvalue weighted by Gasteiger charge is 2.17. The fourth-order valence-corrected chi connectivity index (χ4v) is 3.79. The van der Waals surface area contributed by atoms with E-state index in [1.807, 2.05) is 31.2 Å². The standard InChI is InChI=1S/C27H19N3O6/c1-15-12-23(21-13-18(26(31)32)10-11-22(21)28-15)35-14-16-6-8-17(9-7-16)24-29-25(36-30-24)19-4-2-3-5-20(19)27(33)34/h2-13H,14H2,1H3,(H,31,32)(H,33,34). The van der Waals surface area contributed by atoms with E-state index in [-0.39, 0.29) is 23.6 Å². The first kappa shape index (κ1) is 22.7. The quantitative estimate of drug-likeness (QED) is 0.320. The van der Waals surface area contributed by atoms with Crippen molar-refractivity contribution in [1.82, 2.24) is 15.1 Å². The number of carboxylic acid groups (broad SMARTS) is 2. The lowest BCUT2D eigenvalue weighted by Gasteiger charge is -2.11. The molecule has 0 aliphatic heterocycles. The first-order valence-corrected chi connectivity index (χ1v) is 10.9. The van der Waals surface area contributed by atoms with Gasteiger partial charge in [0, 0.05) is 22.7 Å². The fourth-order valence-electron chi connectivity index (χ4n) is 3.79. The van der Waals surface area contributed by atoms with Crippen molar-refractivity contribution >= 4 is 22.8 Å². The van der Waals surface area contributed by atoms with Gasteiger partial charge in [0.1, 0.15) is 12.4 Å². The Kier molecular flexibility index (Phi) is 5.87. The van der Waals surface area contributed by atoms with Crippen LogP contribution in [0.15, 0.2) is 77.3 Å². The largest absolute Gasteiger partial charge is 0.488 e. The van der Waals surface area contributed by atoms with Gasteiger partial charge in [0.15, 0.2) is 0 Å². The molecule has 5 rings (SSSR count). The number of rotatable bonds is 7. The summed E-state index contributed by atoms with van der Waals surface area (Å²) in [6.07, 6.45) is 0. The summed E-state index contributed by atoms with van der Waals surface area (Å²) in [7, 11) is 0. The number of benzene rings is 3. The number of carboxylic acids is 2. The molecule has 0 amide bonds. The fraction of sp³-hybridized carbons (Fsp3) is 0.0741. The molecule has 36 heavy (non-hydrogen) atoms. The van der Waals surface area contributed by atoms with Crippen molar-refractivity contribution in [2.75, 3.05) is 0 Å². The molecule has 0 saturated heterocycles. The van der Waals surface area contributed by atoms with E-state index >= 15 is 0 Å². The minimum absolute atomic E-state index is 0.0783. The predicted molar refractivity (Wildman–Crippen MR) is 130 cm³/mol. The van der Waals surface area contributed by atoms with Crippen molar-refractivity contribution in [1.29, 1.82) is 0 Å². The van der Waals surface area contributed by atoms with Gasteiger partial charge in [0.25, 0.3) is 5.89 Å².